The summed E-state index contributed by atoms with van der Waals surface area (Å²) in [4.78, 5) is 68.4. The molecule has 2 heterocycles. The number of piperidine rings is 1. The number of carbonyl (C=O) groups excluding carboxylic acids is 5. The molecule has 4 rings (SSSR count). The standard InChI is InChI=1S/C31H36FN5O5/c1-31(2,3)37-30(42)26(38)23(16-20-10-7-13-33-27(20)39)35-28(40)24(14-18-8-5-4-6-9-18)36-29(41)25-15-19-11-12-21(32)17-22(19)34-25/h4-6,8-9,11-12,15,17,20,23-24,34H,7,10,13-14,16H2,1-3H3,(H,33,39)(H,35,40)(H,36,41)(H,37,42)/t20-,23?,24-/m0/s1. The van der Waals surface area contributed by atoms with E-state index in [1.807, 2.05) is 6.07 Å². The minimum atomic E-state index is -1.29. The Balaban J connectivity index is 1.58. The third-order valence-electron chi connectivity index (χ3n) is 7.00. The van der Waals surface area contributed by atoms with Gasteiger partial charge in [-0.1, -0.05) is 30.3 Å². The molecule has 1 aliphatic rings. The molecule has 1 aromatic heterocycles. The molecule has 11 heteroatoms. The molecule has 0 saturated carbocycles. The van der Waals surface area contributed by atoms with Gasteiger partial charge in [-0.25, -0.2) is 4.39 Å². The Morgan fingerprint density at radius 1 is 1.00 bits per heavy atom. The minimum Gasteiger partial charge on any atom is -0.356 e. The Bertz CT molecular complexity index is 1480. The lowest BCUT2D eigenvalue weighted by Crippen LogP contribution is -2.57. The average Bonchev–Trinajstić information content (AvgIpc) is 3.36. The summed E-state index contributed by atoms with van der Waals surface area (Å²) >= 11 is 0. The highest BCUT2D eigenvalue weighted by atomic mass is 19.1. The van der Waals surface area contributed by atoms with Crippen LogP contribution in [0.3, 0.4) is 0 Å². The van der Waals surface area contributed by atoms with Crippen molar-refractivity contribution < 1.29 is 28.4 Å². The fourth-order valence-electron chi connectivity index (χ4n) is 4.93. The Labute approximate surface area is 243 Å². The number of aromatic nitrogens is 1. The number of fused-ring (bicyclic) bond motifs is 1. The Hall–Kier alpha value is -4.54. The van der Waals surface area contributed by atoms with Gasteiger partial charge in [-0.2, -0.15) is 0 Å². The lowest BCUT2D eigenvalue weighted by atomic mass is 9.89. The van der Waals surface area contributed by atoms with Crippen molar-refractivity contribution in [3.8, 4) is 0 Å². The van der Waals surface area contributed by atoms with Crippen LogP contribution in [0.1, 0.15) is 56.1 Å². The number of aromatic amines is 1. The van der Waals surface area contributed by atoms with E-state index in [2.05, 4.69) is 26.3 Å². The van der Waals surface area contributed by atoms with Crippen LogP contribution in [0, 0.1) is 11.7 Å². The zero-order valence-electron chi connectivity index (χ0n) is 23.9. The quantitative estimate of drug-likeness (QED) is 0.235. The molecule has 1 fully saturated rings. The molecule has 0 radical (unpaired) electrons. The maximum Gasteiger partial charge on any atom is 0.290 e. The predicted molar refractivity (Wildman–Crippen MR) is 155 cm³/mol. The van der Waals surface area contributed by atoms with Gasteiger partial charge in [0.15, 0.2) is 0 Å². The SMILES string of the molecule is CC(C)(C)NC(=O)C(=O)C(C[C@@H]1CCCNC1=O)NC(=O)[C@H](Cc1ccccc1)NC(=O)c1cc2ccc(F)cc2[nH]1. The normalized spacial score (nSPS) is 16.7. The molecule has 222 valence electrons. The van der Waals surface area contributed by atoms with Crippen LogP contribution < -0.4 is 21.3 Å². The number of halogens is 1. The summed E-state index contributed by atoms with van der Waals surface area (Å²) in [5.74, 6) is -4.32. The highest BCUT2D eigenvalue weighted by molar-refractivity contribution is 6.38. The van der Waals surface area contributed by atoms with Gasteiger partial charge in [0.2, 0.25) is 17.6 Å². The van der Waals surface area contributed by atoms with Crippen molar-refractivity contribution in [1.29, 1.82) is 0 Å². The third kappa shape index (κ3) is 8.02. The van der Waals surface area contributed by atoms with Crippen molar-refractivity contribution in [2.24, 2.45) is 5.92 Å². The number of nitrogens with one attached hydrogen (secondary N) is 5. The molecule has 10 nitrogen and oxygen atoms in total. The second-order valence-electron chi connectivity index (χ2n) is 11.6. The van der Waals surface area contributed by atoms with Crippen molar-refractivity contribution in [3.05, 3.63) is 71.7 Å². The molecular formula is C31H36FN5O5. The van der Waals surface area contributed by atoms with Crippen LogP contribution in [0.15, 0.2) is 54.6 Å². The van der Waals surface area contributed by atoms with Gasteiger partial charge in [0.1, 0.15) is 17.6 Å². The largest absolute Gasteiger partial charge is 0.356 e. The van der Waals surface area contributed by atoms with E-state index in [0.717, 1.165) is 5.56 Å². The number of hydrogen-bond acceptors (Lipinski definition) is 5. The number of rotatable bonds is 10. The summed E-state index contributed by atoms with van der Waals surface area (Å²) in [5, 5.41) is 11.4. The van der Waals surface area contributed by atoms with Crippen molar-refractivity contribution in [2.45, 2.75) is 64.1 Å². The molecule has 2 aromatic carbocycles. The lowest BCUT2D eigenvalue weighted by Gasteiger charge is -2.28. The Morgan fingerprint density at radius 2 is 1.74 bits per heavy atom. The first-order valence-electron chi connectivity index (χ1n) is 14.0. The van der Waals surface area contributed by atoms with Crippen LogP contribution in [0.2, 0.25) is 0 Å². The van der Waals surface area contributed by atoms with Crippen LogP contribution in [0.25, 0.3) is 10.9 Å². The second-order valence-corrected chi connectivity index (χ2v) is 11.6. The molecule has 42 heavy (non-hydrogen) atoms. The summed E-state index contributed by atoms with van der Waals surface area (Å²) in [6, 6.07) is 12.2. The summed E-state index contributed by atoms with van der Waals surface area (Å²) in [6.07, 6.45) is 1.25. The first kappa shape index (κ1) is 30.4. The maximum atomic E-state index is 13.7. The van der Waals surface area contributed by atoms with Gasteiger partial charge < -0.3 is 26.3 Å². The van der Waals surface area contributed by atoms with Crippen molar-refractivity contribution in [3.63, 3.8) is 0 Å². The van der Waals surface area contributed by atoms with Crippen molar-refractivity contribution in [1.82, 2.24) is 26.3 Å². The topological polar surface area (TPSA) is 149 Å². The summed E-state index contributed by atoms with van der Waals surface area (Å²) in [5.41, 5.74) is 0.593. The van der Waals surface area contributed by atoms with Gasteiger partial charge in [-0.15, -0.1) is 0 Å². The molecule has 4 amide bonds. The van der Waals surface area contributed by atoms with Crippen LogP contribution in [0.4, 0.5) is 4.39 Å². The van der Waals surface area contributed by atoms with E-state index < -0.39 is 52.9 Å². The van der Waals surface area contributed by atoms with Gasteiger partial charge in [-0.3, -0.25) is 24.0 Å². The molecule has 0 spiro atoms. The highest BCUT2D eigenvalue weighted by Crippen LogP contribution is 2.20. The van der Waals surface area contributed by atoms with E-state index in [9.17, 15) is 28.4 Å². The van der Waals surface area contributed by atoms with E-state index in [-0.39, 0.29) is 24.4 Å². The van der Waals surface area contributed by atoms with Crippen molar-refractivity contribution in [2.75, 3.05) is 6.54 Å². The second kappa shape index (κ2) is 13.0. The van der Waals surface area contributed by atoms with Crippen LogP contribution in [-0.2, 0) is 25.6 Å². The maximum absolute atomic E-state index is 13.7. The number of H-pyrrole nitrogens is 1. The highest BCUT2D eigenvalue weighted by Gasteiger charge is 2.36. The average molecular weight is 578 g/mol. The molecule has 3 atom stereocenters. The zero-order valence-corrected chi connectivity index (χ0v) is 23.9. The Morgan fingerprint density at radius 3 is 2.43 bits per heavy atom. The number of Topliss-reactive ketones (excluding diaryl/α,β-unsaturated/α-hetero) is 1. The van der Waals surface area contributed by atoms with Crippen LogP contribution in [0.5, 0.6) is 0 Å². The molecule has 1 unspecified atom stereocenters. The first-order chi connectivity index (χ1) is 19.9. The molecule has 1 saturated heterocycles. The first-order valence-corrected chi connectivity index (χ1v) is 14.0. The number of amides is 4. The van der Waals surface area contributed by atoms with Gasteiger partial charge >= 0.3 is 0 Å². The van der Waals surface area contributed by atoms with Crippen molar-refractivity contribution >= 4 is 40.3 Å². The fourth-order valence-corrected chi connectivity index (χ4v) is 4.93. The summed E-state index contributed by atoms with van der Waals surface area (Å²) in [6.45, 7) is 5.70. The predicted octanol–water partition coefficient (Wildman–Crippen LogP) is 2.53. The van der Waals surface area contributed by atoms with E-state index in [1.54, 1.807) is 51.1 Å². The van der Waals surface area contributed by atoms with E-state index in [0.29, 0.717) is 30.3 Å². The summed E-state index contributed by atoms with van der Waals surface area (Å²) in [7, 11) is 0. The van der Waals surface area contributed by atoms with Gasteiger partial charge in [-0.05, 0) is 69.9 Å². The molecule has 1 aliphatic heterocycles. The fraction of sp³-hybridized carbons (Fsp3) is 0.387. The zero-order chi connectivity index (χ0) is 30.4. The van der Waals surface area contributed by atoms with Gasteiger partial charge in [0.05, 0.1) is 6.04 Å². The number of benzene rings is 2. The van der Waals surface area contributed by atoms with Gasteiger partial charge in [0.25, 0.3) is 11.8 Å². The monoisotopic (exact) mass is 577 g/mol. The summed E-state index contributed by atoms with van der Waals surface area (Å²) < 4.78 is 13.7. The Kier molecular flexibility index (Phi) is 9.39. The molecule has 0 bridgehead atoms. The van der Waals surface area contributed by atoms with E-state index in [1.165, 1.54) is 18.2 Å². The van der Waals surface area contributed by atoms with E-state index >= 15 is 0 Å². The number of carbonyl (C=O) groups is 5. The molecule has 3 aromatic rings. The van der Waals surface area contributed by atoms with Crippen LogP contribution in [-0.4, -0.2) is 58.6 Å². The minimum absolute atomic E-state index is 0.0619. The van der Waals surface area contributed by atoms with Gasteiger partial charge in [0, 0.05) is 35.3 Å². The smallest absolute Gasteiger partial charge is 0.290 e. The number of hydrogen-bond donors (Lipinski definition) is 5. The molecular weight excluding hydrogens is 541 g/mol. The number of ketones is 1. The molecule has 0 aliphatic carbocycles. The van der Waals surface area contributed by atoms with Crippen LogP contribution >= 0.6 is 0 Å². The lowest BCUT2D eigenvalue weighted by molar-refractivity contribution is -0.142. The third-order valence-corrected chi connectivity index (χ3v) is 7.00. The van der Waals surface area contributed by atoms with E-state index in [4.69, 9.17) is 0 Å². The molecule has 5 N–H and O–H groups in total.